The lowest BCUT2D eigenvalue weighted by molar-refractivity contribution is -0.117. The Labute approximate surface area is 129 Å². The monoisotopic (exact) mass is 321 g/mol. The van der Waals surface area contributed by atoms with Crippen LogP contribution in [-0.2, 0) is 11.8 Å². The van der Waals surface area contributed by atoms with E-state index in [0.717, 1.165) is 4.70 Å². The molecule has 1 amide bonds. The van der Waals surface area contributed by atoms with Gasteiger partial charge < -0.3 is 11.1 Å². The number of rotatable bonds is 3. The first-order valence-electron chi connectivity index (χ1n) is 6.13. The number of carbonyl (C=O) groups is 1. The van der Waals surface area contributed by atoms with Crippen molar-refractivity contribution in [1.82, 2.24) is 14.8 Å². The number of nitrogens with zero attached hydrogens (tertiary/aromatic N) is 3. The van der Waals surface area contributed by atoms with Crippen LogP contribution in [-0.4, -0.2) is 20.7 Å². The molecular formula is C13H12ClN5OS. The normalized spacial score (nSPS) is 12.5. The minimum Gasteiger partial charge on any atom is -0.321 e. The maximum atomic E-state index is 12.3. The van der Waals surface area contributed by atoms with E-state index in [1.807, 2.05) is 6.07 Å². The number of fused-ring (bicyclic) bond motifs is 1. The van der Waals surface area contributed by atoms with Gasteiger partial charge >= 0.3 is 0 Å². The fraction of sp³-hybridized carbons (Fsp3) is 0.154. The summed E-state index contributed by atoms with van der Waals surface area (Å²) in [5.74, 6) is -0.356. The summed E-state index contributed by atoms with van der Waals surface area (Å²) in [7, 11) is 1.76. The largest absolute Gasteiger partial charge is 0.321 e. The Morgan fingerprint density at radius 3 is 3.05 bits per heavy atom. The molecule has 1 aromatic carbocycles. The zero-order valence-corrected chi connectivity index (χ0v) is 12.6. The highest BCUT2D eigenvalue weighted by atomic mass is 35.5. The summed E-state index contributed by atoms with van der Waals surface area (Å²) >= 11 is 7.63. The number of thiazole rings is 1. The average Bonchev–Trinajstić information content (AvgIpc) is 3.09. The Kier molecular flexibility index (Phi) is 3.62. The third-order valence-electron chi connectivity index (χ3n) is 3.07. The fourth-order valence-corrected chi connectivity index (χ4v) is 2.86. The van der Waals surface area contributed by atoms with Crippen molar-refractivity contribution in [3.63, 3.8) is 0 Å². The molecule has 0 aliphatic heterocycles. The molecule has 3 N–H and O–H groups in total. The molecule has 6 nitrogen and oxygen atoms in total. The quantitative estimate of drug-likeness (QED) is 0.775. The summed E-state index contributed by atoms with van der Waals surface area (Å²) in [5, 5.41) is 7.20. The van der Waals surface area contributed by atoms with E-state index in [2.05, 4.69) is 15.4 Å². The van der Waals surface area contributed by atoms with Gasteiger partial charge in [0, 0.05) is 18.8 Å². The number of aromatic nitrogens is 3. The highest BCUT2D eigenvalue weighted by Gasteiger charge is 2.20. The van der Waals surface area contributed by atoms with Gasteiger partial charge in [-0.25, -0.2) is 4.98 Å². The van der Waals surface area contributed by atoms with Crippen LogP contribution in [0.4, 0.5) is 5.69 Å². The Balaban J connectivity index is 1.89. The van der Waals surface area contributed by atoms with Gasteiger partial charge in [-0.15, -0.1) is 11.3 Å². The number of halogens is 1. The van der Waals surface area contributed by atoms with Gasteiger partial charge in [0.15, 0.2) is 0 Å². The van der Waals surface area contributed by atoms with Crippen LogP contribution in [0.1, 0.15) is 11.6 Å². The van der Waals surface area contributed by atoms with Crippen LogP contribution in [0.5, 0.6) is 0 Å². The molecule has 0 aliphatic rings. The second-order valence-electron chi connectivity index (χ2n) is 4.54. The lowest BCUT2D eigenvalue weighted by atomic mass is 10.1. The molecule has 0 aliphatic carbocycles. The van der Waals surface area contributed by atoms with Gasteiger partial charge in [-0.3, -0.25) is 9.48 Å². The van der Waals surface area contributed by atoms with Gasteiger partial charge in [0.25, 0.3) is 0 Å². The smallest absolute Gasteiger partial charge is 0.246 e. The number of anilines is 1. The van der Waals surface area contributed by atoms with Crippen LogP contribution in [0.2, 0.25) is 5.02 Å². The molecule has 8 heteroatoms. The van der Waals surface area contributed by atoms with Crippen molar-refractivity contribution in [3.05, 3.63) is 40.6 Å². The van der Waals surface area contributed by atoms with E-state index < -0.39 is 6.04 Å². The van der Waals surface area contributed by atoms with E-state index in [4.69, 9.17) is 17.3 Å². The molecule has 2 heterocycles. The van der Waals surface area contributed by atoms with Crippen molar-refractivity contribution in [2.24, 2.45) is 12.8 Å². The highest BCUT2D eigenvalue weighted by Crippen LogP contribution is 2.32. The number of nitrogens with one attached hydrogen (secondary N) is 1. The van der Waals surface area contributed by atoms with Crippen LogP contribution in [0.25, 0.3) is 10.2 Å². The average molecular weight is 322 g/mol. The first kappa shape index (κ1) is 14.0. The zero-order valence-electron chi connectivity index (χ0n) is 11.1. The summed E-state index contributed by atoms with van der Waals surface area (Å²) in [6.45, 7) is 0. The van der Waals surface area contributed by atoms with Crippen molar-refractivity contribution < 1.29 is 4.79 Å². The molecule has 2 aromatic heterocycles. The number of carbonyl (C=O) groups excluding carboxylic acids is 1. The molecule has 0 saturated heterocycles. The predicted octanol–water partition coefficient (Wildman–Crippen LogP) is 2.32. The topological polar surface area (TPSA) is 85.8 Å². The van der Waals surface area contributed by atoms with Crippen LogP contribution in [0.3, 0.4) is 0 Å². The molecule has 0 bridgehead atoms. The van der Waals surface area contributed by atoms with Crippen LogP contribution < -0.4 is 11.1 Å². The van der Waals surface area contributed by atoms with E-state index >= 15 is 0 Å². The third-order valence-corrected chi connectivity index (χ3v) is 4.18. The van der Waals surface area contributed by atoms with E-state index in [0.29, 0.717) is 21.8 Å². The lowest BCUT2D eigenvalue weighted by Crippen LogP contribution is -2.27. The predicted molar refractivity (Wildman–Crippen MR) is 83.4 cm³/mol. The number of hydrogen-bond acceptors (Lipinski definition) is 5. The van der Waals surface area contributed by atoms with E-state index in [1.54, 1.807) is 35.7 Å². The molecule has 0 spiro atoms. The van der Waals surface area contributed by atoms with E-state index in [-0.39, 0.29) is 5.91 Å². The van der Waals surface area contributed by atoms with Gasteiger partial charge in [-0.1, -0.05) is 11.6 Å². The Hall–Kier alpha value is -1.96. The van der Waals surface area contributed by atoms with Crippen molar-refractivity contribution in [2.45, 2.75) is 6.04 Å². The molecule has 3 aromatic rings. The number of nitrogens with two attached hydrogens (primary N) is 1. The molecule has 1 atom stereocenters. The zero-order chi connectivity index (χ0) is 15.0. The SMILES string of the molecule is Cn1cc(C(N)C(=O)Nc2c(Cl)ccc3scnc23)cn1. The molecule has 1 unspecified atom stereocenters. The molecule has 0 fully saturated rings. The summed E-state index contributed by atoms with van der Waals surface area (Å²) < 4.78 is 2.54. The van der Waals surface area contributed by atoms with Crippen molar-refractivity contribution in [3.8, 4) is 0 Å². The standard InChI is InChI=1S/C13H12ClN5OS/c1-19-5-7(4-17-19)10(15)13(20)18-11-8(14)2-3-9-12(11)16-6-21-9/h2-6,10H,15H2,1H3,(H,18,20). The molecule has 108 valence electrons. The molecule has 0 saturated carbocycles. The lowest BCUT2D eigenvalue weighted by Gasteiger charge is -2.12. The summed E-state index contributed by atoms with van der Waals surface area (Å²) in [6, 6.07) is 2.78. The van der Waals surface area contributed by atoms with Crippen LogP contribution >= 0.6 is 22.9 Å². The van der Waals surface area contributed by atoms with Gasteiger partial charge in [0.1, 0.15) is 11.6 Å². The van der Waals surface area contributed by atoms with E-state index in [1.165, 1.54) is 11.3 Å². The summed E-state index contributed by atoms with van der Waals surface area (Å²) in [4.78, 5) is 16.5. The third kappa shape index (κ3) is 2.63. The van der Waals surface area contributed by atoms with Gasteiger partial charge in [-0.2, -0.15) is 5.10 Å². The van der Waals surface area contributed by atoms with Gasteiger partial charge in [0.05, 0.1) is 27.1 Å². The Bertz CT molecular complexity index is 812. The molecule has 3 rings (SSSR count). The Morgan fingerprint density at radius 1 is 1.52 bits per heavy atom. The van der Waals surface area contributed by atoms with Crippen LogP contribution in [0, 0.1) is 0 Å². The number of aryl methyl sites for hydroxylation is 1. The van der Waals surface area contributed by atoms with Crippen molar-refractivity contribution in [1.29, 1.82) is 0 Å². The summed E-state index contributed by atoms with van der Waals surface area (Å²) in [6.07, 6.45) is 3.27. The van der Waals surface area contributed by atoms with E-state index in [9.17, 15) is 4.79 Å². The number of amides is 1. The molecule has 21 heavy (non-hydrogen) atoms. The van der Waals surface area contributed by atoms with Crippen LogP contribution in [0.15, 0.2) is 30.0 Å². The van der Waals surface area contributed by atoms with Crippen molar-refractivity contribution >= 4 is 44.7 Å². The van der Waals surface area contributed by atoms with Crippen molar-refractivity contribution in [2.75, 3.05) is 5.32 Å². The number of benzene rings is 1. The maximum Gasteiger partial charge on any atom is 0.246 e. The first-order chi connectivity index (χ1) is 10.1. The van der Waals surface area contributed by atoms with Gasteiger partial charge in [0.2, 0.25) is 5.91 Å². The molecule has 0 radical (unpaired) electrons. The fourth-order valence-electron chi connectivity index (χ4n) is 1.98. The Morgan fingerprint density at radius 2 is 2.33 bits per heavy atom. The minimum absolute atomic E-state index is 0.356. The second-order valence-corrected chi connectivity index (χ2v) is 5.83. The maximum absolute atomic E-state index is 12.3. The number of hydrogen-bond donors (Lipinski definition) is 2. The summed E-state index contributed by atoms with van der Waals surface area (Å²) in [5.41, 5.74) is 9.44. The van der Waals surface area contributed by atoms with Gasteiger partial charge in [-0.05, 0) is 12.1 Å². The molecular weight excluding hydrogens is 310 g/mol. The first-order valence-corrected chi connectivity index (χ1v) is 7.38. The second kappa shape index (κ2) is 5.44. The minimum atomic E-state index is -0.816. The highest BCUT2D eigenvalue weighted by molar-refractivity contribution is 7.16.